The van der Waals surface area contributed by atoms with Crippen LogP contribution in [0.25, 0.3) is 27.5 Å². The summed E-state index contributed by atoms with van der Waals surface area (Å²) in [6.45, 7) is 4.98. The quantitative estimate of drug-likeness (QED) is 0.163. The van der Waals surface area contributed by atoms with Crippen LogP contribution in [-0.2, 0) is 10.8 Å². The fourth-order valence-electron chi connectivity index (χ4n) is 12.2. The first kappa shape index (κ1) is 33.2. The van der Waals surface area contributed by atoms with Crippen molar-refractivity contribution in [2.24, 2.45) is 5.92 Å². The Bertz CT molecular complexity index is 2810. The summed E-state index contributed by atoms with van der Waals surface area (Å²) in [4.78, 5) is 2.71. The van der Waals surface area contributed by atoms with E-state index in [2.05, 4.69) is 195 Å². The molecule has 0 aliphatic heterocycles. The lowest BCUT2D eigenvalue weighted by Gasteiger charge is -2.42. The van der Waals surface area contributed by atoms with Gasteiger partial charge >= 0.3 is 0 Å². The highest BCUT2D eigenvalue weighted by molar-refractivity contribution is 6.01. The van der Waals surface area contributed by atoms with Crippen molar-refractivity contribution in [3.05, 3.63) is 226 Å². The fourth-order valence-corrected chi connectivity index (χ4v) is 12.2. The summed E-state index contributed by atoms with van der Waals surface area (Å²) in [7, 11) is 0. The predicted octanol–water partition coefficient (Wildman–Crippen LogP) is 13.7. The zero-order valence-electron chi connectivity index (χ0n) is 32.8. The zero-order valence-corrected chi connectivity index (χ0v) is 32.8. The second-order valence-electron chi connectivity index (χ2n) is 17.8. The molecule has 1 spiro atoms. The van der Waals surface area contributed by atoms with Gasteiger partial charge in [0.1, 0.15) is 0 Å². The Balaban J connectivity index is 1.05. The summed E-state index contributed by atoms with van der Waals surface area (Å²) in [5.41, 5.74) is 18.2. The molecule has 276 valence electrons. The molecule has 0 N–H and O–H groups in total. The van der Waals surface area contributed by atoms with Crippen LogP contribution in [0.5, 0.6) is 0 Å². The molecule has 6 aromatic rings. The van der Waals surface area contributed by atoms with Gasteiger partial charge in [0.15, 0.2) is 0 Å². The molecule has 0 aromatic heterocycles. The largest absolute Gasteiger partial charge is 0.335 e. The number of benzene rings is 6. The minimum Gasteiger partial charge on any atom is -0.335 e. The van der Waals surface area contributed by atoms with E-state index < -0.39 is 0 Å². The van der Waals surface area contributed by atoms with Gasteiger partial charge in [-0.15, -0.1) is 0 Å². The van der Waals surface area contributed by atoms with Crippen LogP contribution in [0.3, 0.4) is 0 Å². The molecule has 0 amide bonds. The third kappa shape index (κ3) is 4.63. The van der Waals surface area contributed by atoms with Gasteiger partial charge in [-0.05, 0) is 139 Å². The maximum absolute atomic E-state index is 2.71. The molecule has 0 fully saturated rings. The van der Waals surface area contributed by atoms with E-state index in [0.717, 1.165) is 25.7 Å². The van der Waals surface area contributed by atoms with Gasteiger partial charge in [0.25, 0.3) is 0 Å². The number of hydrogen-bond acceptors (Lipinski definition) is 1. The predicted molar refractivity (Wildman–Crippen MR) is 238 cm³/mol. The minimum absolute atomic E-state index is 0.0977. The molecule has 1 nitrogen and oxygen atoms in total. The third-order valence-electron chi connectivity index (χ3n) is 14.8. The second kappa shape index (κ2) is 12.3. The van der Waals surface area contributed by atoms with Crippen LogP contribution in [0.15, 0.2) is 187 Å². The Morgan fingerprint density at radius 1 is 0.614 bits per heavy atom. The van der Waals surface area contributed by atoms with Gasteiger partial charge in [-0.2, -0.15) is 0 Å². The number of rotatable bonds is 4. The fraction of sp³-hybridized carbons (Fsp3) is 0.214. The minimum atomic E-state index is -0.364. The lowest BCUT2D eigenvalue weighted by molar-refractivity contribution is 0.286. The molecule has 5 unspecified atom stereocenters. The first-order valence-electron chi connectivity index (χ1n) is 21.2. The second-order valence-corrected chi connectivity index (χ2v) is 17.8. The van der Waals surface area contributed by atoms with Gasteiger partial charge in [0, 0.05) is 23.2 Å². The van der Waals surface area contributed by atoms with Crippen LogP contribution in [-0.4, -0.2) is 6.04 Å². The van der Waals surface area contributed by atoms with Gasteiger partial charge in [0.2, 0.25) is 0 Å². The highest BCUT2D eigenvalue weighted by Crippen LogP contribution is 2.64. The van der Waals surface area contributed by atoms with E-state index in [-0.39, 0.29) is 16.9 Å². The summed E-state index contributed by atoms with van der Waals surface area (Å²) in [5.74, 6) is 1.37. The van der Waals surface area contributed by atoms with E-state index in [9.17, 15) is 0 Å². The van der Waals surface area contributed by atoms with Crippen molar-refractivity contribution in [1.29, 1.82) is 0 Å². The van der Waals surface area contributed by atoms with E-state index in [1.165, 1.54) is 83.4 Å². The number of anilines is 1. The number of allylic oxidation sites excluding steroid dienone is 8. The van der Waals surface area contributed by atoms with Crippen molar-refractivity contribution in [3.63, 3.8) is 0 Å². The Morgan fingerprint density at radius 3 is 2.21 bits per heavy atom. The Kier molecular flexibility index (Phi) is 7.17. The molecule has 6 aromatic carbocycles. The van der Waals surface area contributed by atoms with Crippen LogP contribution in [0.4, 0.5) is 5.69 Å². The van der Waals surface area contributed by atoms with E-state index in [1.807, 2.05) is 0 Å². The topological polar surface area (TPSA) is 3.24 Å². The van der Waals surface area contributed by atoms with Crippen molar-refractivity contribution in [1.82, 2.24) is 0 Å². The molecule has 0 saturated heterocycles. The summed E-state index contributed by atoms with van der Waals surface area (Å²) >= 11 is 0. The molecule has 1 heteroatoms. The summed E-state index contributed by atoms with van der Waals surface area (Å²) in [5, 5.41) is 2.61. The highest BCUT2D eigenvalue weighted by atomic mass is 15.2. The Morgan fingerprint density at radius 2 is 1.37 bits per heavy atom. The highest BCUT2D eigenvalue weighted by Gasteiger charge is 2.53. The molecular weight excluding hydrogens is 687 g/mol. The number of fused-ring (bicyclic) bond motifs is 13. The SMILES string of the molecule is CC1(C)c2ccccc2C2C=CC(N(C3=CCC(c4ccccc4)C=C3)c3ccc4c(c3)C3(C5=C(CCC=C5)c5ccccc53)c3cc5ccccc5cc3-4)CC21. The lowest BCUT2D eigenvalue weighted by atomic mass is 9.68. The summed E-state index contributed by atoms with van der Waals surface area (Å²) in [6.07, 6.45) is 21.7. The normalized spacial score (nSPS) is 25.5. The monoisotopic (exact) mass is 733 g/mol. The van der Waals surface area contributed by atoms with Crippen molar-refractivity contribution in [3.8, 4) is 11.1 Å². The smallest absolute Gasteiger partial charge is 0.0723 e. The number of hydrogen-bond donors (Lipinski definition) is 0. The zero-order chi connectivity index (χ0) is 37.9. The molecule has 5 atom stereocenters. The Hall–Kier alpha value is -5.92. The first-order valence-corrected chi connectivity index (χ1v) is 21.2. The van der Waals surface area contributed by atoms with E-state index in [0.29, 0.717) is 17.8 Å². The Labute approximate surface area is 337 Å². The van der Waals surface area contributed by atoms with Crippen molar-refractivity contribution >= 4 is 22.0 Å². The molecular formula is C56H47N. The van der Waals surface area contributed by atoms with Gasteiger partial charge in [-0.1, -0.05) is 159 Å². The lowest BCUT2D eigenvalue weighted by Crippen LogP contribution is -2.40. The van der Waals surface area contributed by atoms with Crippen LogP contribution < -0.4 is 4.90 Å². The van der Waals surface area contributed by atoms with Crippen LogP contribution in [0, 0.1) is 5.92 Å². The third-order valence-corrected chi connectivity index (χ3v) is 14.8. The van der Waals surface area contributed by atoms with Gasteiger partial charge in [-0.25, -0.2) is 0 Å². The van der Waals surface area contributed by atoms with Crippen molar-refractivity contribution < 1.29 is 0 Å². The molecule has 0 heterocycles. The van der Waals surface area contributed by atoms with E-state index in [1.54, 1.807) is 0 Å². The van der Waals surface area contributed by atoms with E-state index >= 15 is 0 Å². The molecule has 57 heavy (non-hydrogen) atoms. The molecule has 6 aliphatic carbocycles. The standard InChI is InChI=1S/C56H47N/c1-55(2)49-21-11-8-18-43(49)46-30-28-41(34-52(46)55)57(40-26-24-37(25-27-40)36-14-4-3-5-15-36)42-29-31-47-48-32-38-16-6-7-17-39(38)33-53(48)56(54(47)35-42)50-22-12-9-19-44(50)45-20-10-13-23-51(45)56/h3-9,11-19,21-24,26-33,35,37,41,46,52H,10,20,25,34H2,1-2H3. The average Bonchev–Trinajstić information content (AvgIpc) is 3.81. The van der Waals surface area contributed by atoms with Crippen LogP contribution in [0.1, 0.15) is 90.3 Å². The van der Waals surface area contributed by atoms with Crippen molar-refractivity contribution in [2.75, 3.05) is 4.90 Å². The molecule has 6 aliphatic rings. The van der Waals surface area contributed by atoms with Gasteiger partial charge < -0.3 is 4.90 Å². The maximum atomic E-state index is 2.71. The summed E-state index contributed by atoms with van der Waals surface area (Å²) in [6, 6.07) is 51.3. The molecule has 0 saturated carbocycles. The summed E-state index contributed by atoms with van der Waals surface area (Å²) < 4.78 is 0. The number of nitrogens with zero attached hydrogens (tertiary/aromatic N) is 1. The molecule has 12 rings (SSSR count). The van der Waals surface area contributed by atoms with Crippen molar-refractivity contribution in [2.45, 2.75) is 68.2 Å². The van der Waals surface area contributed by atoms with Gasteiger partial charge in [0.05, 0.1) is 11.5 Å². The molecule has 0 bridgehead atoms. The van der Waals surface area contributed by atoms with Crippen LogP contribution in [0.2, 0.25) is 0 Å². The average molecular weight is 734 g/mol. The molecule has 0 radical (unpaired) electrons. The first-order chi connectivity index (χ1) is 28.0. The maximum Gasteiger partial charge on any atom is 0.0723 e. The van der Waals surface area contributed by atoms with E-state index in [4.69, 9.17) is 0 Å². The van der Waals surface area contributed by atoms with Crippen LogP contribution >= 0.6 is 0 Å². The van der Waals surface area contributed by atoms with Gasteiger partial charge in [-0.3, -0.25) is 0 Å².